The third-order valence-corrected chi connectivity index (χ3v) is 17.6. The minimum atomic E-state index is -1.87. The lowest BCUT2D eigenvalue weighted by Gasteiger charge is -2.34. The molecule has 4 fully saturated rings. The van der Waals surface area contributed by atoms with Gasteiger partial charge < -0.3 is 82.0 Å². The van der Waals surface area contributed by atoms with Crippen molar-refractivity contribution in [3.63, 3.8) is 0 Å². The predicted octanol–water partition coefficient (Wildman–Crippen LogP) is 0.772. The Labute approximate surface area is 524 Å². The van der Waals surface area contributed by atoms with Crippen molar-refractivity contribution in [3.05, 3.63) is 108 Å². The molecule has 12 N–H and O–H groups in total. The number of aromatic hydroxyl groups is 1. The number of unbranched alkanes of at least 4 members (excludes halogenated alkanes) is 2. The molecule has 0 aliphatic carbocycles. The van der Waals surface area contributed by atoms with Gasteiger partial charge in [0.15, 0.2) is 5.78 Å². The van der Waals surface area contributed by atoms with E-state index in [1.54, 1.807) is 19.1 Å². The average Bonchev–Trinajstić information content (AvgIpc) is 4.10. The Hall–Kier alpha value is -7.84. The molecule has 0 radical (unpaired) electrons. The number of nitrogens with zero attached hydrogens (tertiary/aromatic N) is 3. The molecular weight excluding hydrogens is 1160 g/mol. The molecule has 4 heterocycles. The third kappa shape index (κ3) is 17.3. The number of fused-ring (bicyclic) bond motifs is 2. The number of phenolic OH excluding ortho intramolecular Hbond substituents is 1. The molecule has 24 heteroatoms. The number of Topliss-reactive ketones (excluding diaryl/α,β-unsaturated/α-hetero) is 1. The molecule has 0 spiro atoms. The summed E-state index contributed by atoms with van der Waals surface area (Å²) < 4.78 is 5.88. The highest BCUT2D eigenvalue weighted by atomic mass is 16.5. The number of piperidine rings is 1. The molecule has 4 aliphatic rings. The Balaban J connectivity index is 1.10. The molecule has 7 amide bonds. The lowest BCUT2D eigenvalue weighted by atomic mass is 9.89. The summed E-state index contributed by atoms with van der Waals surface area (Å²) in [5.74, 6) is -9.45. The molecule has 486 valence electrons. The summed E-state index contributed by atoms with van der Waals surface area (Å²) in [5, 5.41) is 83.3. The van der Waals surface area contributed by atoms with Crippen LogP contribution in [0.4, 0.5) is 0 Å². The number of ketones is 1. The van der Waals surface area contributed by atoms with Gasteiger partial charge in [0.25, 0.3) is 5.91 Å². The molecule has 4 aromatic rings. The number of carbonyl (C=O) groups is 8. The predicted molar refractivity (Wildman–Crippen MR) is 332 cm³/mol. The second-order valence-electron chi connectivity index (χ2n) is 24.5. The fourth-order valence-corrected chi connectivity index (χ4v) is 12.0. The van der Waals surface area contributed by atoms with Crippen LogP contribution < -0.4 is 36.6 Å². The second kappa shape index (κ2) is 31.3. The van der Waals surface area contributed by atoms with E-state index in [0.717, 1.165) is 70.2 Å². The van der Waals surface area contributed by atoms with E-state index in [4.69, 9.17) is 4.74 Å². The van der Waals surface area contributed by atoms with Crippen molar-refractivity contribution in [2.45, 2.75) is 152 Å². The van der Waals surface area contributed by atoms with Gasteiger partial charge in [-0.15, -0.1) is 0 Å². The van der Waals surface area contributed by atoms with E-state index in [1.807, 2.05) is 55.6 Å². The zero-order valence-corrected chi connectivity index (χ0v) is 51.6. The first-order valence-corrected chi connectivity index (χ1v) is 31.2. The minimum Gasteiger partial charge on any atom is -0.508 e. The zero-order valence-electron chi connectivity index (χ0n) is 51.6. The monoisotopic (exact) mass is 1250 g/mol. The van der Waals surface area contributed by atoms with E-state index in [2.05, 4.69) is 43.7 Å². The molecule has 4 aromatic carbocycles. The van der Waals surface area contributed by atoms with Crippen molar-refractivity contribution in [2.75, 3.05) is 52.9 Å². The summed E-state index contributed by atoms with van der Waals surface area (Å²) in [4.78, 5) is 121. The number of aliphatic hydroxyl groups excluding tert-OH is 5. The minimum absolute atomic E-state index is 0.0893. The Bertz CT molecular complexity index is 3120. The van der Waals surface area contributed by atoms with E-state index >= 15 is 0 Å². The van der Waals surface area contributed by atoms with E-state index in [9.17, 15) is 69.0 Å². The summed E-state index contributed by atoms with van der Waals surface area (Å²) in [6, 6.07) is 17.6. The number of hydrogen-bond donors (Lipinski definition) is 12. The van der Waals surface area contributed by atoms with Crippen LogP contribution in [0.2, 0.25) is 0 Å². The van der Waals surface area contributed by atoms with Crippen LogP contribution in [0.5, 0.6) is 11.5 Å². The summed E-state index contributed by atoms with van der Waals surface area (Å²) in [6.07, 6.45) is -4.89. The fraction of sp³-hybridized carbons (Fsp3) is 0.515. The number of ether oxygens (including phenoxy) is 1. The van der Waals surface area contributed by atoms with Crippen LogP contribution in [0.1, 0.15) is 88.6 Å². The Morgan fingerprint density at radius 3 is 1.90 bits per heavy atom. The van der Waals surface area contributed by atoms with Gasteiger partial charge in [0, 0.05) is 63.0 Å². The number of carbonyl (C=O) groups excluding carboxylic acids is 8. The quantitative estimate of drug-likeness (QED) is 0.0650. The summed E-state index contributed by atoms with van der Waals surface area (Å²) in [6.45, 7) is 6.67. The van der Waals surface area contributed by atoms with Gasteiger partial charge in [-0.2, -0.15) is 0 Å². The number of hydrogen-bond acceptors (Lipinski definition) is 17. The van der Waals surface area contributed by atoms with E-state index < -0.39 is 152 Å². The number of aliphatic hydroxyl groups is 5. The third-order valence-electron chi connectivity index (χ3n) is 17.6. The standard InChI is InChI=1S/C66H87N9O15/c1-6-7-8-29-90-49-23-19-44(20-24-49)42-13-11-41(12-14-42)43-15-17-45(18-16-43)60(83)69-52-34-68-61(84)51(33-67-46-25-27-73(5)28-26-46)70-64(87)58-59(82)37(2)35-75(58)65(88)50(38(3)76)32-55(81)57(54(80)30-40-9-21-47(78)22-10-40)72-63(86)53-31-48(79)36-74(53)66(89)56(39(4)77)71-62(52)85/h9-24,37-39,46,48,50-54,56-59,67,76-80,82H,6-8,25-36H2,1-5H3,(H,68,84)(H,69,83)(H,70,87)(H,71,85)(H,72,86)/t37-,38?,39?,48+,50-,51+,52-,53-,54+,56-,57-,58-,59-/m0/s1. The van der Waals surface area contributed by atoms with Crippen LogP contribution in [0.3, 0.4) is 0 Å². The molecule has 4 saturated heterocycles. The van der Waals surface area contributed by atoms with Crippen molar-refractivity contribution < 1.29 is 73.7 Å². The maximum absolute atomic E-state index is 14.8. The van der Waals surface area contributed by atoms with E-state index in [0.29, 0.717) is 25.0 Å². The Kier molecular flexibility index (Phi) is 23.6. The first-order chi connectivity index (χ1) is 43.0. The van der Waals surface area contributed by atoms with Gasteiger partial charge in [-0.25, -0.2) is 0 Å². The number of nitrogens with one attached hydrogen (secondary N) is 6. The van der Waals surface area contributed by atoms with E-state index in [-0.39, 0.29) is 36.9 Å². The van der Waals surface area contributed by atoms with Crippen LogP contribution in [0, 0.1) is 11.8 Å². The van der Waals surface area contributed by atoms with Gasteiger partial charge in [-0.05, 0) is 117 Å². The van der Waals surface area contributed by atoms with Gasteiger partial charge >= 0.3 is 0 Å². The van der Waals surface area contributed by atoms with Crippen LogP contribution in [-0.4, -0.2) is 218 Å². The van der Waals surface area contributed by atoms with E-state index in [1.165, 1.54) is 50.2 Å². The van der Waals surface area contributed by atoms with Crippen LogP contribution in [0.25, 0.3) is 22.3 Å². The molecule has 0 aromatic heterocycles. The number of likely N-dealkylation sites (tertiary alicyclic amines) is 1. The highest BCUT2D eigenvalue weighted by molar-refractivity contribution is 6.01. The van der Waals surface area contributed by atoms with Crippen LogP contribution >= 0.6 is 0 Å². The topological polar surface area (TPSA) is 349 Å². The van der Waals surface area contributed by atoms with Gasteiger partial charge in [0.05, 0.1) is 43.0 Å². The average molecular weight is 1250 g/mol. The summed E-state index contributed by atoms with van der Waals surface area (Å²) in [5.41, 5.74) is 4.06. The molecule has 4 aliphatic heterocycles. The highest BCUT2D eigenvalue weighted by Crippen LogP contribution is 2.31. The molecule has 24 nitrogen and oxygen atoms in total. The van der Waals surface area contributed by atoms with Gasteiger partial charge in [0.2, 0.25) is 35.4 Å². The summed E-state index contributed by atoms with van der Waals surface area (Å²) >= 11 is 0. The molecule has 2 unspecified atom stereocenters. The molecule has 0 bridgehead atoms. The highest BCUT2D eigenvalue weighted by Gasteiger charge is 2.50. The van der Waals surface area contributed by atoms with Crippen molar-refractivity contribution in [1.82, 2.24) is 46.6 Å². The van der Waals surface area contributed by atoms with Crippen molar-refractivity contribution in [2.24, 2.45) is 11.8 Å². The largest absolute Gasteiger partial charge is 0.508 e. The summed E-state index contributed by atoms with van der Waals surface area (Å²) in [7, 11) is 1.97. The fourth-order valence-electron chi connectivity index (χ4n) is 12.0. The number of rotatable bonds is 17. The number of benzene rings is 4. The lowest BCUT2D eigenvalue weighted by Crippen LogP contribution is -2.63. The molecule has 8 rings (SSSR count). The first kappa shape index (κ1) is 68.1. The van der Waals surface area contributed by atoms with Gasteiger partial charge in [-0.1, -0.05) is 87.4 Å². The van der Waals surface area contributed by atoms with Crippen molar-refractivity contribution in [1.29, 1.82) is 0 Å². The first-order valence-electron chi connectivity index (χ1n) is 31.2. The van der Waals surface area contributed by atoms with Crippen LogP contribution in [0.15, 0.2) is 97.1 Å². The van der Waals surface area contributed by atoms with Crippen molar-refractivity contribution in [3.8, 4) is 33.8 Å². The smallest absolute Gasteiger partial charge is 0.251 e. The number of amides is 7. The molecule has 0 saturated carbocycles. The van der Waals surface area contributed by atoms with Gasteiger partial charge in [-0.3, -0.25) is 38.4 Å². The zero-order chi connectivity index (χ0) is 64.9. The Morgan fingerprint density at radius 1 is 0.700 bits per heavy atom. The normalized spacial score (nSPS) is 26.6. The van der Waals surface area contributed by atoms with Crippen LogP contribution in [-0.2, 0) is 40.0 Å². The molecule has 90 heavy (non-hydrogen) atoms. The second-order valence-corrected chi connectivity index (χ2v) is 24.5. The van der Waals surface area contributed by atoms with Gasteiger partial charge in [0.1, 0.15) is 47.8 Å². The SMILES string of the molecule is CCCCCOc1ccc(-c2ccc(-c3ccc(C(=O)N[C@H]4CNC(=O)[C@@H](CNC5CCN(C)CC5)NC(=O)[C@@H]5[C@@H](O)[C@@H](C)CN5C(=O)[C@H](C(C)O)CC(=O)[C@H]([C@H](O)Cc5ccc(O)cc5)NC(=O)[C@@H]5C[C@@H](O)CN5C(=O)[C@H](C(C)O)NC4=O)cc3)cc2)cc1. The lowest BCUT2D eigenvalue weighted by molar-refractivity contribution is -0.149. The molecular formula is C66H87N9O15. The maximum atomic E-state index is 14.8. The maximum Gasteiger partial charge on any atom is 0.251 e. The molecule has 13 atom stereocenters. The Morgan fingerprint density at radius 2 is 1.30 bits per heavy atom. The number of phenols is 1. The van der Waals surface area contributed by atoms with Crippen molar-refractivity contribution >= 4 is 47.1 Å².